The van der Waals surface area contributed by atoms with Crippen molar-refractivity contribution in [1.29, 1.82) is 0 Å². The van der Waals surface area contributed by atoms with E-state index in [2.05, 4.69) is 44.2 Å². The van der Waals surface area contributed by atoms with Crippen molar-refractivity contribution < 1.29 is 51.4 Å². The number of rotatable bonds is 1. The maximum absolute atomic E-state index is 2.41. The first-order chi connectivity index (χ1) is 6.75. The van der Waals surface area contributed by atoms with Crippen LogP contribution in [-0.2, 0) is 0 Å². The first-order valence-electron chi connectivity index (χ1n) is 5.01. The summed E-state index contributed by atoms with van der Waals surface area (Å²) in [6.07, 6.45) is 1.45. The molecule has 0 radical (unpaired) electrons. The summed E-state index contributed by atoms with van der Waals surface area (Å²) in [5.41, 5.74) is 1.52. The van der Waals surface area contributed by atoms with E-state index >= 15 is 0 Å². The molecule has 1 aromatic carbocycles. The van der Waals surface area contributed by atoms with E-state index in [1.165, 1.54) is 12.0 Å². The smallest absolute Gasteiger partial charge is 1.00 e. The molecule has 2 rings (SSSR count). The van der Waals surface area contributed by atoms with Gasteiger partial charge in [-0.2, -0.15) is 0 Å². The minimum absolute atomic E-state index is 0. The van der Waals surface area contributed by atoms with Gasteiger partial charge in [-0.3, -0.25) is 0 Å². The summed E-state index contributed by atoms with van der Waals surface area (Å²) in [7, 11) is 0. The van der Waals surface area contributed by atoms with Crippen LogP contribution < -0.4 is 51.4 Å². The van der Waals surface area contributed by atoms with E-state index in [-0.39, 0.29) is 51.4 Å². The van der Waals surface area contributed by atoms with Crippen molar-refractivity contribution in [2.75, 3.05) is 0 Å². The zero-order valence-electron chi connectivity index (χ0n) is 9.57. The molecule has 1 aliphatic rings. The van der Waals surface area contributed by atoms with E-state index in [0.29, 0.717) is 0 Å². The molecule has 0 aliphatic carbocycles. The van der Waals surface area contributed by atoms with Crippen LogP contribution in [0.25, 0.3) is 0 Å². The van der Waals surface area contributed by atoms with Crippen molar-refractivity contribution in [1.82, 2.24) is 0 Å². The summed E-state index contributed by atoms with van der Waals surface area (Å²) in [6, 6.07) is 11.0. The molecule has 0 saturated carbocycles. The normalized spacial score (nSPS) is 25.9. The molecule has 0 aromatic heterocycles. The van der Waals surface area contributed by atoms with E-state index in [1.807, 2.05) is 0 Å². The minimum atomic E-state index is 0. The van der Waals surface area contributed by atoms with Gasteiger partial charge in [-0.05, 0) is 0 Å². The Balaban J connectivity index is 0.00000112. The van der Waals surface area contributed by atoms with Crippen LogP contribution in [0, 0.1) is 3.71 Å². The molecular weight excluding hydrogens is 341 g/mol. The molecule has 76 valence electrons. The second kappa shape index (κ2) is 7.26. The van der Waals surface area contributed by atoms with E-state index in [1.54, 1.807) is 3.71 Å². The molecule has 0 bridgehead atoms. The monoisotopic (exact) mass is 358 g/mol. The molecule has 0 spiro atoms. The van der Waals surface area contributed by atoms with Gasteiger partial charge in [0.2, 0.25) is 0 Å². The number of hydrogen-bond acceptors (Lipinski definition) is 0. The predicted octanol–water partition coefficient (Wildman–Crippen LogP) is -0.0429. The van der Waals surface area contributed by atoms with Gasteiger partial charge in [-0.15, -0.1) is 0 Å². The molecular formula is C12H15KSe2. The van der Waals surface area contributed by atoms with Crippen LogP contribution in [0.4, 0.5) is 0 Å². The predicted molar refractivity (Wildman–Crippen MR) is 63.8 cm³/mol. The molecule has 15 heavy (non-hydrogen) atoms. The van der Waals surface area contributed by atoms with E-state index in [9.17, 15) is 0 Å². The van der Waals surface area contributed by atoms with Crippen LogP contribution in [0.15, 0.2) is 30.3 Å². The van der Waals surface area contributed by atoms with Crippen molar-refractivity contribution in [3.8, 4) is 0 Å². The van der Waals surface area contributed by atoms with Crippen molar-refractivity contribution in [2.45, 2.75) is 29.9 Å². The zero-order chi connectivity index (χ0) is 9.97. The van der Waals surface area contributed by atoms with Crippen molar-refractivity contribution in [3.05, 3.63) is 39.6 Å². The van der Waals surface area contributed by atoms with Crippen LogP contribution in [0.5, 0.6) is 0 Å². The fourth-order valence-corrected chi connectivity index (χ4v) is 10.9. The fourth-order valence-electron chi connectivity index (χ4n) is 1.67. The van der Waals surface area contributed by atoms with Gasteiger partial charge in [-0.1, -0.05) is 0 Å². The van der Waals surface area contributed by atoms with E-state index < -0.39 is 0 Å². The second-order valence-electron chi connectivity index (χ2n) is 3.75. The van der Waals surface area contributed by atoms with Crippen LogP contribution in [-0.4, -0.2) is 29.9 Å². The average molecular weight is 356 g/mol. The van der Waals surface area contributed by atoms with Gasteiger partial charge in [0, 0.05) is 0 Å². The Morgan fingerprint density at radius 2 is 1.60 bits per heavy atom. The maximum atomic E-state index is 2.41. The second-order valence-corrected chi connectivity index (χ2v) is 11.1. The topological polar surface area (TPSA) is 0 Å². The molecule has 3 heteroatoms. The third-order valence-electron chi connectivity index (χ3n) is 2.29. The summed E-state index contributed by atoms with van der Waals surface area (Å²) in [5.74, 6) is 0. The largest absolute Gasteiger partial charge is 1.00 e. The van der Waals surface area contributed by atoms with E-state index in [4.69, 9.17) is 0 Å². The van der Waals surface area contributed by atoms with Crippen LogP contribution in [0.1, 0.15) is 25.8 Å². The summed E-state index contributed by atoms with van der Waals surface area (Å²) >= 11 is 1.52. The SMILES string of the molecule is C[C@@H]1C[C@H](C)[Se][C-](c2ccccc2)[Se]1.[K+]. The molecule has 1 aromatic rings. The molecule has 0 N–H and O–H groups in total. The molecule has 0 nitrogen and oxygen atoms in total. The Labute approximate surface area is 148 Å². The first-order valence-corrected chi connectivity index (χ1v) is 8.70. The Morgan fingerprint density at radius 3 is 2.13 bits per heavy atom. The Morgan fingerprint density at radius 1 is 1.07 bits per heavy atom. The molecule has 0 unspecified atom stereocenters. The van der Waals surface area contributed by atoms with Gasteiger partial charge in [0.15, 0.2) is 0 Å². The molecule has 1 aliphatic heterocycles. The average Bonchev–Trinajstić information content (AvgIpc) is 2.18. The summed E-state index contributed by atoms with van der Waals surface area (Å²) in [6.45, 7) is 4.82. The Bertz CT molecular complexity index is 279. The van der Waals surface area contributed by atoms with E-state index in [0.717, 1.165) is 39.5 Å². The summed E-state index contributed by atoms with van der Waals surface area (Å²) in [5, 5.41) is 0. The van der Waals surface area contributed by atoms with Gasteiger partial charge in [-0.25, -0.2) is 0 Å². The molecule has 1 fully saturated rings. The van der Waals surface area contributed by atoms with Gasteiger partial charge in [0.05, 0.1) is 0 Å². The van der Waals surface area contributed by atoms with Crippen molar-refractivity contribution in [3.63, 3.8) is 0 Å². The van der Waals surface area contributed by atoms with Gasteiger partial charge in [0.1, 0.15) is 0 Å². The quantitative estimate of drug-likeness (QED) is 0.489. The maximum Gasteiger partial charge on any atom is 1.00 e. The third-order valence-corrected chi connectivity index (χ3v) is 8.77. The van der Waals surface area contributed by atoms with Crippen molar-refractivity contribution >= 4 is 29.9 Å². The van der Waals surface area contributed by atoms with Crippen LogP contribution in [0.2, 0.25) is 9.63 Å². The minimum Gasteiger partial charge on any atom is 1.00 e. The standard InChI is InChI=1S/C12H15Se2.K/c1-9-8-10(2)14-12(13-9)11-6-4-3-5-7-11;/h3-7,9-10H,8H2,1-2H3;/q-1;+1/t9-,10+;. The van der Waals surface area contributed by atoms with Gasteiger partial charge < -0.3 is 0 Å². The van der Waals surface area contributed by atoms with Crippen LogP contribution >= 0.6 is 0 Å². The van der Waals surface area contributed by atoms with Gasteiger partial charge in [0.25, 0.3) is 0 Å². The molecule has 2 atom stereocenters. The summed E-state index contributed by atoms with van der Waals surface area (Å²) in [4.78, 5) is 1.90. The van der Waals surface area contributed by atoms with Gasteiger partial charge >= 0.3 is 151 Å². The number of hydrogen-bond donors (Lipinski definition) is 0. The van der Waals surface area contributed by atoms with Crippen molar-refractivity contribution in [2.24, 2.45) is 0 Å². The Kier molecular flexibility index (Phi) is 7.17. The molecule has 1 heterocycles. The zero-order valence-corrected chi connectivity index (χ0v) is 16.1. The Hall–Kier alpha value is 1.77. The summed E-state index contributed by atoms with van der Waals surface area (Å²) < 4.78 is 1.79. The van der Waals surface area contributed by atoms with Crippen LogP contribution in [0.3, 0.4) is 0 Å². The molecule has 1 saturated heterocycles. The third kappa shape index (κ3) is 4.50. The first kappa shape index (κ1) is 14.8. The number of benzene rings is 1. The molecule has 0 amide bonds. The fraction of sp³-hybridized carbons (Fsp3) is 0.417.